The predicted octanol–water partition coefficient (Wildman–Crippen LogP) is 2.23. The van der Waals surface area contributed by atoms with Crippen LogP contribution in [-0.2, 0) is 9.84 Å². The number of nitrogens with two attached hydrogens (primary N) is 1. The van der Waals surface area contributed by atoms with Crippen LogP contribution in [0.15, 0.2) is 33.6 Å². The van der Waals surface area contributed by atoms with Gasteiger partial charge in [0.05, 0.1) is 16.1 Å². The number of thiazole rings is 1. The summed E-state index contributed by atoms with van der Waals surface area (Å²) < 4.78 is 22.7. The summed E-state index contributed by atoms with van der Waals surface area (Å²) in [6.45, 7) is 0. The lowest BCUT2D eigenvalue weighted by Crippen LogP contribution is -1.98. The maximum atomic E-state index is 11.4. The molecule has 9 heteroatoms. The zero-order chi connectivity index (χ0) is 14.8. The second kappa shape index (κ2) is 5.78. The summed E-state index contributed by atoms with van der Waals surface area (Å²) in [4.78, 5) is 4.14. The maximum Gasteiger partial charge on any atom is 0.205 e. The highest BCUT2D eigenvalue weighted by molar-refractivity contribution is 7.90. The average Bonchev–Trinajstić information content (AvgIpc) is 2.76. The molecule has 2 rings (SSSR count). The minimum Gasteiger partial charge on any atom is -0.383 e. The Labute approximate surface area is 125 Å². The molecule has 0 fully saturated rings. The van der Waals surface area contributed by atoms with Gasteiger partial charge < -0.3 is 5.73 Å². The molecule has 3 N–H and O–H groups in total. The Morgan fingerprint density at radius 2 is 2.25 bits per heavy atom. The highest BCUT2D eigenvalue weighted by Gasteiger charge is 2.09. The standard InChI is InChI=1S/C11H11ClN4O2S2/c1-20(17,18)8-3-2-7(9(12)4-8)5-14-16-11-15-10(13)6-19-11/h2-6H,13H2,1H3,(H,15,16). The molecular formula is C11H11ClN4O2S2. The molecule has 20 heavy (non-hydrogen) atoms. The monoisotopic (exact) mass is 330 g/mol. The van der Waals surface area contributed by atoms with Crippen molar-refractivity contribution >= 4 is 49.9 Å². The molecular weight excluding hydrogens is 320 g/mol. The summed E-state index contributed by atoms with van der Waals surface area (Å²) in [5.74, 6) is 0.420. The van der Waals surface area contributed by atoms with Crippen LogP contribution in [-0.4, -0.2) is 25.9 Å². The van der Waals surface area contributed by atoms with Gasteiger partial charge in [-0.1, -0.05) is 17.7 Å². The minimum absolute atomic E-state index is 0.167. The van der Waals surface area contributed by atoms with E-state index in [1.54, 1.807) is 11.4 Å². The van der Waals surface area contributed by atoms with Gasteiger partial charge in [0.1, 0.15) is 5.82 Å². The fourth-order valence-corrected chi connectivity index (χ4v) is 2.83. The number of hydrogen-bond donors (Lipinski definition) is 2. The van der Waals surface area contributed by atoms with Crippen molar-refractivity contribution < 1.29 is 8.42 Å². The first-order valence-corrected chi connectivity index (χ1v) is 8.51. The van der Waals surface area contributed by atoms with E-state index >= 15 is 0 Å². The number of aromatic nitrogens is 1. The zero-order valence-corrected chi connectivity index (χ0v) is 12.8. The first kappa shape index (κ1) is 14.8. The van der Waals surface area contributed by atoms with Gasteiger partial charge in [0.25, 0.3) is 0 Å². The van der Waals surface area contributed by atoms with Crippen molar-refractivity contribution in [3.63, 3.8) is 0 Å². The van der Waals surface area contributed by atoms with Crippen molar-refractivity contribution in [3.8, 4) is 0 Å². The SMILES string of the molecule is CS(=O)(=O)c1ccc(C=NNc2nc(N)cs2)c(Cl)c1. The molecule has 1 aromatic heterocycles. The van der Waals surface area contributed by atoms with Crippen molar-refractivity contribution in [2.45, 2.75) is 4.90 Å². The Hall–Kier alpha value is -1.64. The van der Waals surface area contributed by atoms with E-state index in [9.17, 15) is 8.42 Å². The average molecular weight is 331 g/mol. The van der Waals surface area contributed by atoms with Gasteiger partial charge in [0, 0.05) is 17.2 Å². The number of rotatable bonds is 4. The van der Waals surface area contributed by atoms with Crippen LogP contribution in [0.25, 0.3) is 0 Å². The van der Waals surface area contributed by atoms with E-state index in [0.717, 1.165) is 6.26 Å². The summed E-state index contributed by atoms with van der Waals surface area (Å²) in [6.07, 6.45) is 2.60. The smallest absolute Gasteiger partial charge is 0.205 e. The number of hydrogen-bond acceptors (Lipinski definition) is 7. The number of nitrogens with zero attached hydrogens (tertiary/aromatic N) is 2. The third-order valence-corrected chi connectivity index (χ3v) is 4.49. The molecule has 2 aromatic rings. The second-order valence-electron chi connectivity index (χ2n) is 3.90. The fraction of sp³-hybridized carbons (Fsp3) is 0.0909. The highest BCUT2D eigenvalue weighted by Crippen LogP contribution is 2.20. The summed E-state index contributed by atoms with van der Waals surface area (Å²) in [5.41, 5.74) is 8.77. The van der Waals surface area contributed by atoms with E-state index in [4.69, 9.17) is 17.3 Å². The van der Waals surface area contributed by atoms with E-state index < -0.39 is 9.84 Å². The highest BCUT2D eigenvalue weighted by atomic mass is 35.5. The van der Waals surface area contributed by atoms with Crippen molar-refractivity contribution in [1.82, 2.24) is 4.98 Å². The number of benzene rings is 1. The fourth-order valence-electron chi connectivity index (χ4n) is 1.34. The molecule has 0 amide bonds. The van der Waals surface area contributed by atoms with Gasteiger partial charge in [0.15, 0.2) is 9.84 Å². The van der Waals surface area contributed by atoms with E-state index in [1.807, 2.05) is 0 Å². The number of nitrogen functional groups attached to an aromatic ring is 1. The first-order chi connectivity index (χ1) is 9.36. The summed E-state index contributed by atoms with van der Waals surface area (Å²) in [6, 6.07) is 4.45. The van der Waals surface area contributed by atoms with Gasteiger partial charge in [-0.25, -0.2) is 13.4 Å². The second-order valence-corrected chi connectivity index (χ2v) is 7.18. The molecule has 106 valence electrons. The van der Waals surface area contributed by atoms with E-state index in [-0.39, 0.29) is 4.90 Å². The summed E-state index contributed by atoms with van der Waals surface area (Å²) in [7, 11) is -3.27. The quantitative estimate of drug-likeness (QED) is 0.661. The van der Waals surface area contributed by atoms with Crippen LogP contribution in [0.1, 0.15) is 5.56 Å². The number of halogens is 1. The third-order valence-electron chi connectivity index (χ3n) is 2.29. The van der Waals surface area contributed by atoms with Crippen LogP contribution in [0.2, 0.25) is 5.02 Å². The normalized spacial score (nSPS) is 11.9. The molecule has 0 radical (unpaired) electrons. The molecule has 6 nitrogen and oxygen atoms in total. The number of sulfone groups is 1. The maximum absolute atomic E-state index is 11.4. The Morgan fingerprint density at radius 1 is 1.50 bits per heavy atom. The lowest BCUT2D eigenvalue weighted by Gasteiger charge is -2.02. The van der Waals surface area contributed by atoms with Crippen LogP contribution in [0.4, 0.5) is 10.9 Å². The molecule has 0 aliphatic rings. The van der Waals surface area contributed by atoms with Gasteiger partial charge in [-0.05, 0) is 12.1 Å². The molecule has 0 unspecified atom stereocenters. The van der Waals surface area contributed by atoms with Gasteiger partial charge in [-0.15, -0.1) is 11.3 Å². The Morgan fingerprint density at radius 3 is 2.80 bits per heavy atom. The third kappa shape index (κ3) is 3.69. The molecule has 1 heterocycles. The molecule has 0 aliphatic carbocycles. The van der Waals surface area contributed by atoms with E-state index in [1.165, 1.54) is 29.7 Å². The van der Waals surface area contributed by atoms with Crippen LogP contribution >= 0.6 is 22.9 Å². The summed E-state index contributed by atoms with van der Waals surface area (Å²) >= 11 is 7.33. The number of hydrazone groups is 1. The molecule has 0 atom stereocenters. The molecule has 1 aromatic carbocycles. The van der Waals surface area contributed by atoms with Gasteiger partial charge in [0.2, 0.25) is 5.13 Å². The molecule has 0 saturated heterocycles. The van der Waals surface area contributed by atoms with Gasteiger partial charge in [-0.3, -0.25) is 5.43 Å². The van der Waals surface area contributed by atoms with Crippen LogP contribution in [0.5, 0.6) is 0 Å². The van der Waals surface area contributed by atoms with Crippen molar-refractivity contribution in [2.75, 3.05) is 17.4 Å². The van der Waals surface area contributed by atoms with Crippen LogP contribution in [0, 0.1) is 0 Å². The van der Waals surface area contributed by atoms with Crippen LogP contribution in [0.3, 0.4) is 0 Å². The Kier molecular flexibility index (Phi) is 4.26. The molecule has 0 saturated carbocycles. The van der Waals surface area contributed by atoms with Crippen molar-refractivity contribution in [1.29, 1.82) is 0 Å². The van der Waals surface area contributed by atoms with E-state index in [0.29, 0.717) is 21.5 Å². The molecule has 0 spiro atoms. The van der Waals surface area contributed by atoms with Crippen molar-refractivity contribution in [2.24, 2.45) is 5.10 Å². The minimum atomic E-state index is -3.27. The van der Waals surface area contributed by atoms with Crippen molar-refractivity contribution in [3.05, 3.63) is 34.2 Å². The zero-order valence-electron chi connectivity index (χ0n) is 10.4. The lowest BCUT2D eigenvalue weighted by atomic mass is 10.2. The van der Waals surface area contributed by atoms with E-state index in [2.05, 4.69) is 15.5 Å². The Balaban J connectivity index is 2.14. The molecule has 0 aliphatic heterocycles. The predicted molar refractivity (Wildman–Crippen MR) is 82.3 cm³/mol. The Bertz CT molecular complexity index is 756. The topological polar surface area (TPSA) is 97.4 Å². The number of anilines is 2. The lowest BCUT2D eigenvalue weighted by molar-refractivity contribution is 0.602. The van der Waals surface area contributed by atoms with Gasteiger partial charge >= 0.3 is 0 Å². The first-order valence-electron chi connectivity index (χ1n) is 5.36. The van der Waals surface area contributed by atoms with Gasteiger partial charge in [-0.2, -0.15) is 5.10 Å². The molecule has 0 bridgehead atoms. The number of nitrogens with one attached hydrogen (secondary N) is 1. The largest absolute Gasteiger partial charge is 0.383 e. The summed E-state index contributed by atoms with van der Waals surface area (Å²) in [5, 5.41) is 6.51. The van der Waals surface area contributed by atoms with Crippen LogP contribution < -0.4 is 11.2 Å².